The third-order valence-electron chi connectivity index (χ3n) is 4.73. The maximum atomic E-state index is 11.9. The minimum atomic E-state index is -3.26. The van der Waals surface area contributed by atoms with E-state index < -0.39 is 9.84 Å². The summed E-state index contributed by atoms with van der Waals surface area (Å²) in [7, 11) is -3.26. The molecule has 3 rings (SSSR count). The van der Waals surface area contributed by atoms with Gasteiger partial charge in [0.25, 0.3) is 0 Å². The monoisotopic (exact) mass is 306 g/mol. The lowest BCUT2D eigenvalue weighted by Gasteiger charge is -2.37. The number of para-hydroxylation sites is 1. The van der Waals surface area contributed by atoms with Gasteiger partial charge in [-0.3, -0.25) is 0 Å². The zero-order chi connectivity index (χ0) is 15.3. The maximum absolute atomic E-state index is 11.9. The van der Waals surface area contributed by atoms with Crippen molar-refractivity contribution in [3.63, 3.8) is 0 Å². The van der Waals surface area contributed by atoms with Crippen LogP contribution in [0.4, 0.5) is 0 Å². The predicted molar refractivity (Wildman–Crippen MR) is 84.2 cm³/mol. The molecule has 1 unspecified atom stereocenters. The second-order valence-corrected chi connectivity index (χ2v) is 8.82. The Bertz CT molecular complexity index is 775. The van der Waals surface area contributed by atoms with Gasteiger partial charge in [0.15, 0.2) is 9.84 Å². The summed E-state index contributed by atoms with van der Waals surface area (Å²) in [5.41, 5.74) is 1.60. The van der Waals surface area contributed by atoms with Crippen LogP contribution in [0.5, 0.6) is 0 Å². The Morgan fingerprint density at radius 2 is 2.05 bits per heavy atom. The number of benzene rings is 1. The fourth-order valence-corrected chi connectivity index (χ4v) is 4.32. The van der Waals surface area contributed by atoms with Crippen molar-refractivity contribution in [1.29, 1.82) is 0 Å². The van der Waals surface area contributed by atoms with Gasteiger partial charge < -0.3 is 4.98 Å². The number of aromatic nitrogens is 2. The van der Waals surface area contributed by atoms with Gasteiger partial charge in [0.1, 0.15) is 11.3 Å². The van der Waals surface area contributed by atoms with Crippen LogP contribution in [0.3, 0.4) is 0 Å². The third-order valence-corrected chi connectivity index (χ3v) is 5.86. The van der Waals surface area contributed by atoms with Crippen LogP contribution >= 0.6 is 0 Å². The molecule has 0 amide bonds. The summed E-state index contributed by atoms with van der Waals surface area (Å²) in [5.74, 6) is 1.30. The van der Waals surface area contributed by atoms with Gasteiger partial charge in [-0.15, -0.1) is 0 Å². The summed E-state index contributed by atoms with van der Waals surface area (Å²) >= 11 is 0. The fourth-order valence-electron chi connectivity index (χ4n) is 3.49. The van der Waals surface area contributed by atoms with Crippen LogP contribution < -0.4 is 0 Å². The first-order valence-electron chi connectivity index (χ1n) is 7.48. The van der Waals surface area contributed by atoms with Crippen molar-refractivity contribution >= 4 is 20.9 Å². The van der Waals surface area contributed by atoms with Crippen molar-refractivity contribution < 1.29 is 8.42 Å². The van der Waals surface area contributed by atoms with Crippen LogP contribution in [-0.2, 0) is 9.84 Å². The van der Waals surface area contributed by atoms with E-state index in [0.717, 1.165) is 17.8 Å². The van der Waals surface area contributed by atoms with E-state index in [4.69, 9.17) is 0 Å². The van der Waals surface area contributed by atoms with Crippen LogP contribution in [-0.4, -0.2) is 24.6 Å². The SMILES string of the molecule is CC1(C)CCCCC1c1nc2c(S(C)(=O)=O)cccc2[nH]1. The topological polar surface area (TPSA) is 62.8 Å². The van der Waals surface area contributed by atoms with E-state index in [0.29, 0.717) is 16.3 Å². The maximum Gasteiger partial charge on any atom is 0.177 e. The van der Waals surface area contributed by atoms with Gasteiger partial charge in [0.2, 0.25) is 0 Å². The average Bonchev–Trinajstić information content (AvgIpc) is 2.79. The first-order chi connectivity index (χ1) is 9.79. The Balaban J connectivity index is 2.14. The minimum absolute atomic E-state index is 0.206. The molecule has 4 nitrogen and oxygen atoms in total. The van der Waals surface area contributed by atoms with Gasteiger partial charge in [-0.25, -0.2) is 13.4 Å². The highest BCUT2D eigenvalue weighted by Crippen LogP contribution is 2.46. The highest BCUT2D eigenvalue weighted by atomic mass is 32.2. The van der Waals surface area contributed by atoms with E-state index in [1.54, 1.807) is 12.1 Å². The molecule has 1 atom stereocenters. The zero-order valence-electron chi connectivity index (χ0n) is 12.8. The molecule has 1 fully saturated rings. The van der Waals surface area contributed by atoms with Crippen LogP contribution in [0.2, 0.25) is 0 Å². The zero-order valence-corrected chi connectivity index (χ0v) is 13.6. The highest BCUT2D eigenvalue weighted by Gasteiger charge is 2.35. The average molecular weight is 306 g/mol. The molecule has 0 spiro atoms. The number of sulfone groups is 1. The summed E-state index contributed by atoms with van der Waals surface area (Å²) in [4.78, 5) is 8.34. The number of H-pyrrole nitrogens is 1. The van der Waals surface area contributed by atoms with Gasteiger partial charge in [0, 0.05) is 12.2 Å². The molecule has 0 radical (unpaired) electrons. The minimum Gasteiger partial charge on any atom is -0.342 e. The second kappa shape index (κ2) is 4.83. The highest BCUT2D eigenvalue weighted by molar-refractivity contribution is 7.91. The summed E-state index contributed by atoms with van der Waals surface area (Å²) in [5, 5.41) is 0. The number of rotatable bonds is 2. The summed E-state index contributed by atoms with van der Waals surface area (Å²) in [6.45, 7) is 4.56. The summed E-state index contributed by atoms with van der Waals surface area (Å²) in [6.07, 6.45) is 6.01. The molecular weight excluding hydrogens is 284 g/mol. The molecule has 1 aliphatic carbocycles. The number of aromatic amines is 1. The number of hydrogen-bond donors (Lipinski definition) is 1. The molecule has 21 heavy (non-hydrogen) atoms. The van der Waals surface area contributed by atoms with Crippen LogP contribution in [0.1, 0.15) is 51.3 Å². The second-order valence-electron chi connectivity index (χ2n) is 6.83. The van der Waals surface area contributed by atoms with E-state index in [2.05, 4.69) is 23.8 Å². The Hall–Kier alpha value is -1.36. The molecule has 1 aromatic heterocycles. The number of nitrogens with one attached hydrogen (secondary N) is 1. The normalized spacial score (nSPS) is 22.5. The molecular formula is C16H22N2O2S. The van der Waals surface area contributed by atoms with Gasteiger partial charge in [-0.2, -0.15) is 0 Å². The number of imidazole rings is 1. The van der Waals surface area contributed by atoms with Crippen LogP contribution in [0.25, 0.3) is 11.0 Å². The molecule has 1 saturated carbocycles. The van der Waals surface area contributed by atoms with Crippen LogP contribution in [0, 0.1) is 5.41 Å². The molecule has 0 aliphatic heterocycles. The lowest BCUT2D eigenvalue weighted by atomic mass is 9.68. The molecule has 0 saturated heterocycles. The van der Waals surface area contributed by atoms with Crippen molar-refractivity contribution in [2.45, 2.75) is 50.3 Å². The Morgan fingerprint density at radius 3 is 2.71 bits per heavy atom. The summed E-state index contributed by atoms with van der Waals surface area (Å²) in [6, 6.07) is 5.30. The standard InChI is InChI=1S/C16H22N2O2S/c1-16(2)10-5-4-7-11(16)15-17-12-8-6-9-13(14(12)18-15)21(3,19)20/h6,8-9,11H,4-5,7,10H2,1-3H3,(H,17,18). The van der Waals surface area contributed by atoms with Crippen molar-refractivity contribution in [1.82, 2.24) is 9.97 Å². The van der Waals surface area contributed by atoms with E-state index in [-0.39, 0.29) is 5.41 Å². The van der Waals surface area contributed by atoms with Crippen LogP contribution in [0.15, 0.2) is 23.1 Å². The molecule has 1 aromatic carbocycles. The Labute approximate surface area is 125 Å². The molecule has 5 heteroatoms. The third kappa shape index (κ3) is 2.59. The van der Waals surface area contributed by atoms with E-state index in [1.807, 2.05) is 6.07 Å². The molecule has 1 N–H and O–H groups in total. The Morgan fingerprint density at radius 1 is 1.29 bits per heavy atom. The molecule has 114 valence electrons. The van der Waals surface area contributed by atoms with Crippen molar-refractivity contribution in [3.8, 4) is 0 Å². The molecule has 1 heterocycles. The first kappa shape index (κ1) is 14.6. The quantitative estimate of drug-likeness (QED) is 0.921. The van der Waals surface area contributed by atoms with Gasteiger partial charge >= 0.3 is 0 Å². The van der Waals surface area contributed by atoms with Crippen molar-refractivity contribution in [3.05, 3.63) is 24.0 Å². The van der Waals surface area contributed by atoms with Crippen molar-refractivity contribution in [2.75, 3.05) is 6.26 Å². The lowest BCUT2D eigenvalue weighted by Crippen LogP contribution is -2.26. The molecule has 2 aromatic rings. The number of hydrogen-bond acceptors (Lipinski definition) is 3. The van der Waals surface area contributed by atoms with E-state index >= 15 is 0 Å². The largest absolute Gasteiger partial charge is 0.342 e. The first-order valence-corrected chi connectivity index (χ1v) is 9.37. The fraction of sp³-hybridized carbons (Fsp3) is 0.562. The smallest absolute Gasteiger partial charge is 0.177 e. The molecule has 0 bridgehead atoms. The predicted octanol–water partition coefficient (Wildman–Crippen LogP) is 3.65. The van der Waals surface area contributed by atoms with E-state index in [1.165, 1.54) is 25.5 Å². The lowest BCUT2D eigenvalue weighted by molar-refractivity contribution is 0.193. The summed E-state index contributed by atoms with van der Waals surface area (Å²) < 4.78 is 23.8. The number of nitrogens with zero attached hydrogens (tertiary/aromatic N) is 1. The van der Waals surface area contributed by atoms with E-state index in [9.17, 15) is 8.42 Å². The Kier molecular flexibility index (Phi) is 3.35. The number of fused-ring (bicyclic) bond motifs is 1. The van der Waals surface area contributed by atoms with Gasteiger partial charge in [0.05, 0.1) is 10.4 Å². The van der Waals surface area contributed by atoms with Gasteiger partial charge in [-0.1, -0.05) is 32.8 Å². The van der Waals surface area contributed by atoms with Crippen molar-refractivity contribution in [2.24, 2.45) is 5.41 Å². The van der Waals surface area contributed by atoms with Gasteiger partial charge in [-0.05, 0) is 30.4 Å². The molecule has 1 aliphatic rings.